The maximum absolute atomic E-state index is 11.1. The summed E-state index contributed by atoms with van der Waals surface area (Å²) < 4.78 is 54.6. The van der Waals surface area contributed by atoms with Crippen LogP contribution in [0.3, 0.4) is 0 Å². The zero-order chi connectivity index (χ0) is 7.71. The van der Waals surface area contributed by atoms with E-state index in [1.165, 1.54) is 0 Å². The van der Waals surface area contributed by atoms with Gasteiger partial charge in [0.05, 0.1) is 0 Å². The second-order valence-corrected chi connectivity index (χ2v) is 2.72. The maximum Gasteiger partial charge on any atom is 2.00 e. The summed E-state index contributed by atoms with van der Waals surface area (Å²) in [5.74, 6) is 0. The molecule has 0 unspecified atom stereocenters. The third kappa shape index (κ3) is 2.74. The summed E-state index contributed by atoms with van der Waals surface area (Å²) >= 11 is 0. The molecule has 0 bridgehead atoms. The Morgan fingerprint density at radius 1 is 1.30 bits per heavy atom. The molecule has 54 valence electrons. The quantitative estimate of drug-likeness (QED) is 0.484. The van der Waals surface area contributed by atoms with Crippen LogP contribution in [0.2, 0.25) is 0 Å². The number of hydrogen-bond acceptors (Lipinski definition) is 2. The Kier molecular flexibility index (Phi) is 4.35. The van der Waals surface area contributed by atoms with Crippen LogP contribution in [0.1, 0.15) is 0 Å². The third-order valence-corrected chi connectivity index (χ3v) is 1.39. The summed E-state index contributed by atoms with van der Waals surface area (Å²) in [5, 5.41) is 0. The minimum absolute atomic E-state index is 0. The van der Waals surface area contributed by atoms with Crippen LogP contribution >= 0.6 is 0 Å². The van der Waals surface area contributed by atoms with Gasteiger partial charge in [0.25, 0.3) is 0 Å². The fourth-order valence-electron chi connectivity index (χ4n) is 0.0732. The fraction of sp³-hybridized carbons (Fsp3) is 0.500. The molecular weight excluding hydrogens is 224 g/mol. The Labute approximate surface area is 68.1 Å². The van der Waals surface area contributed by atoms with E-state index in [2.05, 4.69) is 6.72 Å². The van der Waals surface area contributed by atoms with Crippen molar-refractivity contribution in [3.05, 3.63) is 0 Å². The van der Waals surface area contributed by atoms with E-state index in [1.54, 1.807) is 0 Å². The van der Waals surface area contributed by atoms with Crippen LogP contribution in [0.5, 0.6) is 0 Å². The molecule has 0 aromatic carbocycles. The van der Waals surface area contributed by atoms with Gasteiger partial charge in [0.1, 0.15) is 0 Å². The molecule has 0 heterocycles. The van der Waals surface area contributed by atoms with Crippen molar-refractivity contribution in [2.24, 2.45) is 4.40 Å². The predicted octanol–water partition coefficient (Wildman–Crippen LogP) is 0.534. The van der Waals surface area contributed by atoms with Crippen molar-refractivity contribution in [1.82, 2.24) is 0 Å². The molecule has 0 N–H and O–H groups in total. The summed E-state index contributed by atoms with van der Waals surface area (Å²) in [6, 6.07) is 0. The predicted molar refractivity (Wildman–Crippen MR) is 24.5 cm³/mol. The van der Waals surface area contributed by atoms with Crippen molar-refractivity contribution < 1.29 is 41.1 Å². The van der Waals surface area contributed by atoms with Gasteiger partial charge < -0.3 is 0 Å². The van der Waals surface area contributed by atoms with Crippen molar-refractivity contribution in [1.29, 1.82) is 0 Å². The first-order valence-corrected chi connectivity index (χ1v) is 3.04. The van der Waals surface area contributed by atoms with Gasteiger partial charge in [0.2, 0.25) is 0 Å². The minimum Gasteiger partial charge on any atom is -0.195 e. The van der Waals surface area contributed by atoms with Gasteiger partial charge in [0.15, 0.2) is 0 Å². The van der Waals surface area contributed by atoms with Crippen LogP contribution in [0.25, 0.3) is 0 Å². The van der Waals surface area contributed by atoms with Gasteiger partial charge in [-0.25, -0.2) is 0 Å². The van der Waals surface area contributed by atoms with E-state index < -0.39 is 15.5 Å². The first-order valence-electron chi connectivity index (χ1n) is 1.60. The van der Waals surface area contributed by atoms with E-state index in [0.717, 1.165) is 0 Å². The Balaban J connectivity index is 0. The summed E-state index contributed by atoms with van der Waals surface area (Å²) in [6.07, 6.45) is 0. The van der Waals surface area contributed by atoms with Gasteiger partial charge in [-0.05, 0) is 0 Å². The summed E-state index contributed by atoms with van der Waals surface area (Å²) in [5.41, 5.74) is -5.31. The zero-order valence-corrected chi connectivity index (χ0v) is 8.50. The number of hydrogen-bond donors (Lipinski definition) is 0. The van der Waals surface area contributed by atoms with E-state index in [1.807, 2.05) is 4.40 Å². The average molecular weight is 226 g/mol. The Bertz CT molecular complexity index is 207. The molecule has 0 aliphatic heterocycles. The monoisotopic (exact) mass is 225 g/mol. The molecule has 0 saturated heterocycles. The van der Waals surface area contributed by atoms with Crippen molar-refractivity contribution in [2.45, 2.75) is 5.51 Å². The van der Waals surface area contributed by atoms with Crippen LogP contribution in [-0.2, 0) is 29.5 Å². The second kappa shape index (κ2) is 3.43. The van der Waals surface area contributed by atoms with Crippen molar-refractivity contribution >= 4 is 16.7 Å². The topological polar surface area (TPSA) is 46.5 Å². The zero-order valence-electron chi connectivity index (χ0n) is 4.72. The Morgan fingerprint density at radius 2 is 1.60 bits per heavy atom. The van der Waals surface area contributed by atoms with Crippen LogP contribution in [0.15, 0.2) is 4.40 Å². The first kappa shape index (κ1) is 12.7. The van der Waals surface area contributed by atoms with Gasteiger partial charge in [0, 0.05) is 6.72 Å². The number of alkyl halides is 3. The number of nitrogens with zero attached hydrogens (tertiary/aromatic N) is 1. The molecule has 0 amide bonds. The number of rotatable bonds is 1. The van der Waals surface area contributed by atoms with E-state index in [-0.39, 0.29) is 19.5 Å². The molecule has 0 aromatic rings. The van der Waals surface area contributed by atoms with Crippen LogP contribution in [0, 0.1) is 0 Å². The summed E-state index contributed by atoms with van der Waals surface area (Å²) in [6.45, 7) is 2.24. The van der Waals surface area contributed by atoms with E-state index >= 15 is 0 Å². The normalized spacial score (nSPS) is 11.9. The van der Waals surface area contributed by atoms with Gasteiger partial charge in [-0.2, -0.15) is 26.0 Å². The van der Waals surface area contributed by atoms with Crippen molar-refractivity contribution in [3.8, 4) is 0 Å². The van der Waals surface area contributed by atoms with Crippen LogP contribution in [-0.4, -0.2) is 20.6 Å². The average Bonchev–Trinajstić information content (AvgIpc) is 1.64. The fourth-order valence-corrected chi connectivity index (χ4v) is 0.220. The van der Waals surface area contributed by atoms with E-state index in [9.17, 15) is 21.6 Å². The Hall–Kier alpha value is 0.0334. The SMILES string of the molecule is C=NS(=O)(=O)C(F)(F)F.[Zn+2]. The van der Waals surface area contributed by atoms with Gasteiger partial charge in [-0.3, -0.25) is 0 Å². The van der Waals surface area contributed by atoms with Crippen molar-refractivity contribution in [2.75, 3.05) is 0 Å². The molecule has 0 saturated carbocycles. The standard InChI is InChI=1S/C2H2F3NO2S.Zn/c1-6-9(7,8)2(3,4)5;/h1H2;/q;+2. The summed E-state index contributed by atoms with van der Waals surface area (Å²) in [7, 11) is -5.32. The van der Waals surface area contributed by atoms with Crippen LogP contribution in [0.4, 0.5) is 13.2 Å². The van der Waals surface area contributed by atoms with Crippen molar-refractivity contribution in [3.63, 3.8) is 0 Å². The number of halogens is 3. The van der Waals surface area contributed by atoms with Gasteiger partial charge >= 0.3 is 35.0 Å². The Morgan fingerprint density at radius 3 is 1.60 bits per heavy atom. The molecule has 10 heavy (non-hydrogen) atoms. The third-order valence-electron chi connectivity index (χ3n) is 0.462. The summed E-state index contributed by atoms with van der Waals surface area (Å²) in [4.78, 5) is 0. The molecular formula is C2H2F3NO2SZn+2. The van der Waals surface area contributed by atoms with Gasteiger partial charge in [-0.1, -0.05) is 0 Å². The molecule has 0 aromatic heterocycles. The van der Waals surface area contributed by atoms with Gasteiger partial charge in [-0.15, -0.1) is 0 Å². The second-order valence-electron chi connectivity index (χ2n) is 1.05. The van der Waals surface area contributed by atoms with Crippen LogP contribution < -0.4 is 0 Å². The molecule has 0 fully saturated rings. The van der Waals surface area contributed by atoms with E-state index in [4.69, 9.17) is 0 Å². The molecule has 8 heteroatoms. The maximum atomic E-state index is 11.1. The first-order chi connectivity index (χ1) is 3.81. The molecule has 0 atom stereocenters. The largest absolute Gasteiger partial charge is 2.00 e. The molecule has 0 aliphatic carbocycles. The molecule has 3 nitrogen and oxygen atoms in total. The molecule has 0 aliphatic rings. The molecule has 0 spiro atoms. The molecule has 0 radical (unpaired) electrons. The smallest absolute Gasteiger partial charge is 0.195 e. The minimum atomic E-state index is -5.32. The molecule has 0 rings (SSSR count). The van der Waals surface area contributed by atoms with E-state index in [0.29, 0.717) is 0 Å². The number of sulfonamides is 1.